The van der Waals surface area contributed by atoms with E-state index in [1.54, 1.807) is 19.9 Å². The summed E-state index contributed by atoms with van der Waals surface area (Å²) in [6.45, 7) is 14.7. The van der Waals surface area contributed by atoms with Crippen molar-refractivity contribution in [3.05, 3.63) is 109 Å². The third kappa shape index (κ3) is 7.66. The Balaban J connectivity index is 1.95. The second kappa shape index (κ2) is 14.4. The molecule has 0 unspecified atom stereocenters. The van der Waals surface area contributed by atoms with Crippen molar-refractivity contribution in [2.75, 3.05) is 13.2 Å². The fraction of sp³-hybridized carbons (Fsp3) is 0.353. The van der Waals surface area contributed by atoms with Gasteiger partial charge in [0, 0.05) is 12.5 Å². The Morgan fingerprint density at radius 3 is 1.77 bits per heavy atom. The minimum atomic E-state index is -2.86. The van der Waals surface area contributed by atoms with Crippen LogP contribution in [0.4, 0.5) is 0 Å². The van der Waals surface area contributed by atoms with Gasteiger partial charge in [0.1, 0.15) is 0 Å². The van der Waals surface area contributed by atoms with Crippen LogP contribution >= 0.6 is 0 Å². The summed E-state index contributed by atoms with van der Waals surface area (Å²) in [5.41, 5.74) is 0.983. The molecule has 0 aliphatic carbocycles. The first-order valence-electron chi connectivity index (χ1n) is 13.8. The van der Waals surface area contributed by atoms with Crippen LogP contribution in [0.2, 0.25) is 5.04 Å². The average molecular weight is 559 g/mol. The molecular weight excluding hydrogens is 516 g/mol. The molecule has 0 heterocycles. The number of rotatable bonds is 14. The summed E-state index contributed by atoms with van der Waals surface area (Å²) >= 11 is 0. The number of Topliss-reactive ketones (excluding diaryl/α,β-unsaturated/α-hetero) is 1. The number of esters is 1. The molecule has 6 heteroatoms. The highest BCUT2D eigenvalue weighted by Crippen LogP contribution is 2.37. The third-order valence-corrected chi connectivity index (χ3v) is 12.0. The van der Waals surface area contributed by atoms with Crippen molar-refractivity contribution in [2.45, 2.75) is 52.4 Å². The molecule has 0 fully saturated rings. The lowest BCUT2D eigenvalue weighted by Gasteiger charge is -2.44. The molecule has 3 aromatic carbocycles. The Bertz CT molecular complexity index is 1180. The van der Waals surface area contributed by atoms with Gasteiger partial charge in [0.05, 0.1) is 25.2 Å². The Labute approximate surface area is 240 Å². The molecule has 0 aromatic heterocycles. The number of benzene rings is 3. The Hall–Kier alpha value is -3.32. The van der Waals surface area contributed by atoms with Crippen LogP contribution in [0, 0.1) is 11.8 Å². The predicted octanol–water partition coefficient (Wildman–Crippen LogP) is 5.72. The van der Waals surface area contributed by atoms with Crippen LogP contribution in [0.5, 0.6) is 0 Å². The van der Waals surface area contributed by atoms with E-state index in [2.05, 4.69) is 51.6 Å². The largest absolute Gasteiger partial charge is 0.457 e. The molecule has 3 rings (SSSR count). The van der Waals surface area contributed by atoms with Crippen LogP contribution in [0.3, 0.4) is 0 Å². The van der Waals surface area contributed by atoms with Gasteiger partial charge in [0.15, 0.2) is 0 Å². The SMILES string of the molecule is C=C[C@@H](CO[Si](c1ccccc1)(c1ccccc1)C(C)(C)C)[C@@H](COCc1ccccc1)C(=O)C(=O)OC(C)C. The smallest absolute Gasteiger partial charge is 0.375 e. The third-order valence-electron chi connectivity index (χ3n) is 7.02. The van der Waals surface area contributed by atoms with Gasteiger partial charge in [0.2, 0.25) is 5.78 Å². The molecule has 40 heavy (non-hydrogen) atoms. The minimum Gasteiger partial charge on any atom is -0.457 e. The lowest BCUT2D eigenvalue weighted by atomic mass is 9.89. The fourth-order valence-electron chi connectivity index (χ4n) is 5.03. The first kappa shape index (κ1) is 31.2. The van der Waals surface area contributed by atoms with E-state index in [1.165, 1.54) is 0 Å². The Kier molecular flexibility index (Phi) is 11.2. The van der Waals surface area contributed by atoms with Crippen molar-refractivity contribution in [3.63, 3.8) is 0 Å². The Morgan fingerprint density at radius 1 is 0.825 bits per heavy atom. The van der Waals surface area contributed by atoms with E-state index in [0.29, 0.717) is 6.61 Å². The van der Waals surface area contributed by atoms with E-state index in [4.69, 9.17) is 13.9 Å². The summed E-state index contributed by atoms with van der Waals surface area (Å²) in [6, 6.07) is 30.4. The zero-order valence-corrected chi connectivity index (χ0v) is 25.3. The molecule has 0 aliphatic rings. The fourth-order valence-corrected chi connectivity index (χ4v) is 9.62. The molecule has 0 amide bonds. The highest BCUT2D eigenvalue weighted by atomic mass is 28.4. The molecule has 0 spiro atoms. The topological polar surface area (TPSA) is 61.8 Å². The maximum absolute atomic E-state index is 13.4. The molecule has 212 valence electrons. The van der Waals surface area contributed by atoms with E-state index < -0.39 is 38.0 Å². The lowest BCUT2D eigenvalue weighted by Crippen LogP contribution is -2.67. The number of ketones is 1. The van der Waals surface area contributed by atoms with Crippen LogP contribution < -0.4 is 10.4 Å². The lowest BCUT2D eigenvalue weighted by molar-refractivity contribution is -0.160. The van der Waals surface area contributed by atoms with Gasteiger partial charge in [-0.25, -0.2) is 4.79 Å². The first-order chi connectivity index (χ1) is 19.1. The second-order valence-electron chi connectivity index (χ2n) is 11.3. The highest BCUT2D eigenvalue weighted by molar-refractivity contribution is 6.99. The van der Waals surface area contributed by atoms with Gasteiger partial charge in [-0.1, -0.05) is 118 Å². The number of carbonyl (C=O) groups excluding carboxylic acids is 2. The molecule has 0 aliphatic heterocycles. The minimum absolute atomic E-state index is 0.0434. The molecule has 2 atom stereocenters. The van der Waals surface area contributed by atoms with Crippen LogP contribution in [0.1, 0.15) is 40.2 Å². The van der Waals surface area contributed by atoms with Crippen LogP contribution in [-0.2, 0) is 30.1 Å². The van der Waals surface area contributed by atoms with E-state index in [0.717, 1.165) is 15.9 Å². The van der Waals surface area contributed by atoms with Crippen molar-refractivity contribution >= 4 is 30.4 Å². The van der Waals surface area contributed by atoms with Crippen LogP contribution in [0.25, 0.3) is 0 Å². The summed E-state index contributed by atoms with van der Waals surface area (Å²) in [4.78, 5) is 26.2. The van der Waals surface area contributed by atoms with Crippen molar-refractivity contribution in [2.24, 2.45) is 11.8 Å². The maximum Gasteiger partial charge on any atom is 0.375 e. The number of carbonyl (C=O) groups is 2. The monoisotopic (exact) mass is 558 g/mol. The van der Waals surface area contributed by atoms with E-state index in [9.17, 15) is 9.59 Å². The maximum atomic E-state index is 13.4. The molecule has 0 bridgehead atoms. The van der Waals surface area contributed by atoms with Gasteiger partial charge in [-0.05, 0) is 34.8 Å². The van der Waals surface area contributed by atoms with Crippen molar-refractivity contribution in [3.8, 4) is 0 Å². The summed E-state index contributed by atoms with van der Waals surface area (Å²) in [6.07, 6.45) is 1.30. The van der Waals surface area contributed by atoms with Gasteiger partial charge in [-0.2, -0.15) is 0 Å². The molecule has 0 saturated carbocycles. The second-order valence-corrected chi connectivity index (χ2v) is 15.6. The summed E-state index contributed by atoms with van der Waals surface area (Å²) in [5.74, 6) is -2.76. The normalized spacial score (nSPS) is 13.4. The van der Waals surface area contributed by atoms with Gasteiger partial charge in [-0.15, -0.1) is 6.58 Å². The van der Waals surface area contributed by atoms with Crippen molar-refractivity contribution < 1.29 is 23.5 Å². The standard InChI is InChI=1S/C34H42O5Si/c1-7-28(31(32(35)33(36)39-26(2)3)25-37-23-27-17-11-8-12-18-27)24-38-40(34(4,5)6,29-19-13-9-14-20-29)30-21-15-10-16-22-30/h7-22,26,28,31H,1,23-25H2,2-6H3/t28-,31+/m0/s1. The van der Waals surface area contributed by atoms with Crippen LogP contribution in [0.15, 0.2) is 104 Å². The molecule has 3 aromatic rings. The van der Waals surface area contributed by atoms with E-state index >= 15 is 0 Å². The van der Waals surface area contributed by atoms with Gasteiger partial charge in [-0.3, -0.25) is 4.79 Å². The predicted molar refractivity (Wildman–Crippen MR) is 163 cm³/mol. The molecule has 0 radical (unpaired) electrons. The molecule has 0 N–H and O–H groups in total. The summed E-state index contributed by atoms with van der Waals surface area (Å²) in [7, 11) is -2.86. The zero-order chi connectivity index (χ0) is 29.2. The molecule has 0 saturated heterocycles. The zero-order valence-electron chi connectivity index (χ0n) is 24.3. The highest BCUT2D eigenvalue weighted by Gasteiger charge is 2.50. The summed E-state index contributed by atoms with van der Waals surface area (Å²) < 4.78 is 18.4. The van der Waals surface area contributed by atoms with E-state index in [-0.39, 0.29) is 18.3 Å². The van der Waals surface area contributed by atoms with Crippen molar-refractivity contribution in [1.29, 1.82) is 0 Å². The van der Waals surface area contributed by atoms with Gasteiger partial charge >= 0.3 is 5.97 Å². The average Bonchev–Trinajstić information content (AvgIpc) is 2.94. The number of hydrogen-bond acceptors (Lipinski definition) is 5. The summed E-state index contributed by atoms with van der Waals surface area (Å²) in [5, 5.41) is 2.04. The van der Waals surface area contributed by atoms with E-state index in [1.807, 2.05) is 66.7 Å². The quantitative estimate of drug-likeness (QED) is 0.110. The van der Waals surface area contributed by atoms with Gasteiger partial charge < -0.3 is 13.9 Å². The number of hydrogen-bond donors (Lipinski definition) is 0. The first-order valence-corrected chi connectivity index (χ1v) is 15.7. The number of ether oxygens (including phenoxy) is 2. The molecule has 5 nitrogen and oxygen atoms in total. The molecular formula is C34H42O5Si. The van der Waals surface area contributed by atoms with Gasteiger partial charge in [0.25, 0.3) is 8.32 Å². The van der Waals surface area contributed by atoms with Crippen molar-refractivity contribution in [1.82, 2.24) is 0 Å². The van der Waals surface area contributed by atoms with Crippen LogP contribution in [-0.4, -0.2) is 39.4 Å². The Morgan fingerprint density at radius 2 is 1.32 bits per heavy atom.